The number of carbonyl (C=O) groups excluding carboxylic acids is 2. The largest absolute Gasteiger partial charge is 0.465 e. The van der Waals surface area contributed by atoms with Crippen LogP contribution in [0.5, 0.6) is 5.75 Å². The van der Waals surface area contributed by atoms with Crippen LogP contribution in [0.25, 0.3) is 0 Å². The number of anilines is 1. The first-order valence-corrected chi connectivity index (χ1v) is 6.59. The van der Waals surface area contributed by atoms with Gasteiger partial charge in [0.1, 0.15) is 5.75 Å². The van der Waals surface area contributed by atoms with E-state index in [1.165, 1.54) is 19.2 Å². The van der Waals surface area contributed by atoms with E-state index in [1.807, 2.05) is 0 Å². The smallest absolute Gasteiger partial charge is 0.387 e. The van der Waals surface area contributed by atoms with E-state index in [-0.39, 0.29) is 41.7 Å². The zero-order chi connectivity index (χ0) is 16.5. The lowest BCUT2D eigenvalue weighted by Gasteiger charge is -2.13. The van der Waals surface area contributed by atoms with Crippen molar-refractivity contribution < 1.29 is 27.8 Å². The third-order valence-corrected chi connectivity index (χ3v) is 2.72. The van der Waals surface area contributed by atoms with Gasteiger partial charge in [-0.25, -0.2) is 4.79 Å². The van der Waals surface area contributed by atoms with E-state index in [9.17, 15) is 18.4 Å². The lowest BCUT2D eigenvalue weighted by atomic mass is 10.2. The van der Waals surface area contributed by atoms with E-state index >= 15 is 0 Å². The summed E-state index contributed by atoms with van der Waals surface area (Å²) in [4.78, 5) is 23.1. The van der Waals surface area contributed by atoms with E-state index in [0.717, 1.165) is 6.07 Å². The van der Waals surface area contributed by atoms with Crippen LogP contribution in [0.1, 0.15) is 23.2 Å². The van der Waals surface area contributed by atoms with Crippen LogP contribution in [0.15, 0.2) is 18.2 Å². The van der Waals surface area contributed by atoms with Gasteiger partial charge in [0, 0.05) is 6.42 Å². The summed E-state index contributed by atoms with van der Waals surface area (Å²) >= 11 is 0. The molecule has 0 heterocycles. The molecule has 0 fully saturated rings. The number of hydrogen-bond acceptors (Lipinski definition) is 5. The van der Waals surface area contributed by atoms with Crippen molar-refractivity contribution in [2.24, 2.45) is 0 Å². The summed E-state index contributed by atoms with van der Waals surface area (Å²) in [5, 5.41) is 5.38. The van der Waals surface area contributed by atoms with Gasteiger partial charge in [0.25, 0.3) is 0 Å². The Balaban J connectivity index is 0.00000484. The molecule has 0 atom stereocenters. The quantitative estimate of drug-likeness (QED) is 0.555. The number of halogens is 3. The first-order chi connectivity index (χ1) is 10.5. The van der Waals surface area contributed by atoms with Crippen LogP contribution in [-0.4, -0.2) is 39.2 Å². The second-order valence-corrected chi connectivity index (χ2v) is 4.34. The number of hydrogen-bond donors (Lipinski definition) is 2. The Bertz CT molecular complexity index is 529. The molecule has 0 aromatic heterocycles. The van der Waals surface area contributed by atoms with Gasteiger partial charge in [-0.05, 0) is 38.2 Å². The maximum atomic E-state index is 12.4. The molecule has 0 bridgehead atoms. The topological polar surface area (TPSA) is 76.7 Å². The molecule has 1 aromatic rings. The molecule has 1 aromatic carbocycles. The van der Waals surface area contributed by atoms with Gasteiger partial charge in [-0.15, -0.1) is 12.4 Å². The summed E-state index contributed by atoms with van der Waals surface area (Å²) in [6, 6.07) is 3.77. The van der Waals surface area contributed by atoms with Gasteiger partial charge < -0.3 is 20.1 Å². The fourth-order valence-corrected chi connectivity index (χ4v) is 1.70. The molecule has 0 saturated heterocycles. The Labute approximate surface area is 138 Å². The van der Waals surface area contributed by atoms with Crippen molar-refractivity contribution in [1.82, 2.24) is 5.32 Å². The highest BCUT2D eigenvalue weighted by Gasteiger charge is 2.15. The summed E-state index contributed by atoms with van der Waals surface area (Å²) in [5.74, 6) is -1.31. The number of benzene rings is 1. The van der Waals surface area contributed by atoms with Crippen molar-refractivity contribution in [2.45, 2.75) is 19.5 Å². The Morgan fingerprint density at radius 1 is 1.30 bits per heavy atom. The van der Waals surface area contributed by atoms with Gasteiger partial charge in [-0.1, -0.05) is 0 Å². The second kappa shape index (κ2) is 10.7. The van der Waals surface area contributed by atoms with E-state index in [0.29, 0.717) is 13.0 Å². The summed E-state index contributed by atoms with van der Waals surface area (Å²) in [5.41, 5.74) is 0.119. The van der Waals surface area contributed by atoms with E-state index < -0.39 is 12.6 Å². The van der Waals surface area contributed by atoms with Crippen LogP contribution in [0, 0.1) is 0 Å². The minimum atomic E-state index is -3.08. The van der Waals surface area contributed by atoms with Crippen LogP contribution in [0.3, 0.4) is 0 Å². The molecule has 0 unspecified atom stereocenters. The highest BCUT2D eigenvalue weighted by molar-refractivity contribution is 5.95. The van der Waals surface area contributed by atoms with Gasteiger partial charge in [0.2, 0.25) is 5.91 Å². The normalized spacial score (nSPS) is 9.96. The number of ether oxygens (including phenoxy) is 2. The van der Waals surface area contributed by atoms with Crippen LogP contribution >= 0.6 is 12.4 Å². The summed E-state index contributed by atoms with van der Waals surface area (Å²) in [6.07, 6.45) is 0.835. The predicted molar refractivity (Wildman–Crippen MR) is 83.5 cm³/mol. The fourth-order valence-electron chi connectivity index (χ4n) is 1.70. The van der Waals surface area contributed by atoms with Gasteiger partial charge in [-0.3, -0.25) is 4.79 Å². The van der Waals surface area contributed by atoms with E-state index in [1.54, 1.807) is 7.05 Å². The zero-order valence-electron chi connectivity index (χ0n) is 12.7. The number of amides is 1. The average Bonchev–Trinajstić information content (AvgIpc) is 2.48. The standard InChI is InChI=1S/C14H18F2N2O4.ClH/c1-17-7-3-4-12(19)18-10-6-5-9(13(20)21-2)8-11(10)22-14(15)16;/h5-6,8,14,17H,3-4,7H2,1-2H3,(H,18,19);1H. The lowest BCUT2D eigenvalue weighted by Crippen LogP contribution is -2.16. The SMILES string of the molecule is CNCCCC(=O)Nc1ccc(C(=O)OC)cc1OC(F)F.Cl. The molecule has 1 amide bonds. The number of nitrogens with one attached hydrogen (secondary N) is 2. The first kappa shape index (κ1) is 21.1. The van der Waals surface area contributed by atoms with Crippen LogP contribution in [0.2, 0.25) is 0 Å². The summed E-state index contributed by atoms with van der Waals surface area (Å²) in [6.45, 7) is -2.41. The summed E-state index contributed by atoms with van der Waals surface area (Å²) < 4.78 is 33.7. The molecule has 2 N–H and O–H groups in total. The number of esters is 1. The number of rotatable bonds is 8. The highest BCUT2D eigenvalue weighted by atomic mass is 35.5. The molecule has 130 valence electrons. The molecule has 1 rings (SSSR count). The third-order valence-electron chi connectivity index (χ3n) is 2.72. The molecule has 9 heteroatoms. The lowest BCUT2D eigenvalue weighted by molar-refractivity contribution is -0.116. The van der Waals surface area contributed by atoms with Gasteiger partial charge in [0.15, 0.2) is 0 Å². The molecule has 0 aliphatic carbocycles. The third kappa shape index (κ3) is 7.25. The van der Waals surface area contributed by atoms with E-state index in [4.69, 9.17) is 0 Å². The van der Waals surface area contributed by atoms with Gasteiger partial charge in [0.05, 0.1) is 18.4 Å². The Hall–Kier alpha value is -1.93. The van der Waals surface area contributed by atoms with Crippen molar-refractivity contribution in [2.75, 3.05) is 26.0 Å². The van der Waals surface area contributed by atoms with Crippen molar-refractivity contribution in [3.05, 3.63) is 23.8 Å². The molecular weight excluding hydrogens is 334 g/mol. The predicted octanol–water partition coefficient (Wildman–Crippen LogP) is 2.43. The first-order valence-electron chi connectivity index (χ1n) is 6.59. The van der Waals surface area contributed by atoms with Crippen molar-refractivity contribution >= 4 is 30.0 Å². The number of alkyl halides is 2. The Morgan fingerprint density at radius 3 is 2.57 bits per heavy atom. The Kier molecular flexibility index (Phi) is 9.84. The van der Waals surface area contributed by atoms with Gasteiger partial charge >= 0.3 is 12.6 Å². The minimum Gasteiger partial charge on any atom is -0.465 e. The number of carbonyl (C=O) groups is 2. The monoisotopic (exact) mass is 352 g/mol. The maximum absolute atomic E-state index is 12.4. The second-order valence-electron chi connectivity index (χ2n) is 4.34. The molecule has 6 nitrogen and oxygen atoms in total. The van der Waals surface area contributed by atoms with E-state index in [2.05, 4.69) is 20.1 Å². The zero-order valence-corrected chi connectivity index (χ0v) is 13.5. The van der Waals surface area contributed by atoms with Crippen molar-refractivity contribution in [1.29, 1.82) is 0 Å². The van der Waals surface area contributed by atoms with Crippen molar-refractivity contribution in [3.63, 3.8) is 0 Å². The molecule has 0 radical (unpaired) electrons. The Morgan fingerprint density at radius 2 is 2.00 bits per heavy atom. The van der Waals surface area contributed by atoms with Gasteiger partial charge in [-0.2, -0.15) is 8.78 Å². The molecule has 0 saturated carbocycles. The summed E-state index contributed by atoms with van der Waals surface area (Å²) in [7, 11) is 2.94. The minimum absolute atomic E-state index is 0. The molecule has 0 spiro atoms. The van der Waals surface area contributed by atoms with Crippen molar-refractivity contribution in [3.8, 4) is 5.75 Å². The van der Waals surface area contributed by atoms with Crippen LogP contribution in [-0.2, 0) is 9.53 Å². The van der Waals surface area contributed by atoms with Crippen LogP contribution < -0.4 is 15.4 Å². The average molecular weight is 353 g/mol. The highest BCUT2D eigenvalue weighted by Crippen LogP contribution is 2.28. The molecule has 0 aliphatic heterocycles. The molecular formula is C14H19ClF2N2O4. The molecule has 23 heavy (non-hydrogen) atoms. The molecule has 0 aliphatic rings. The fraction of sp³-hybridized carbons (Fsp3) is 0.429. The maximum Gasteiger partial charge on any atom is 0.387 e. The number of methoxy groups -OCH3 is 1. The van der Waals surface area contributed by atoms with Crippen LogP contribution in [0.4, 0.5) is 14.5 Å².